The van der Waals surface area contributed by atoms with Gasteiger partial charge in [0.2, 0.25) is 5.91 Å². The largest absolute Gasteiger partial charge is 0.479 e. The van der Waals surface area contributed by atoms with Crippen LogP contribution in [0, 0.1) is 12.7 Å². The summed E-state index contributed by atoms with van der Waals surface area (Å²) in [5, 5.41) is 9.24. The maximum atomic E-state index is 13.7. The number of carbonyl (C=O) groups is 2. The molecule has 2 rings (SSSR count). The highest BCUT2D eigenvalue weighted by Crippen LogP contribution is 2.31. The standard InChI is InChI=1S/C14H16FNO4/c1-3-16-11(17)7-20-13(14(18)19)12(16)9-5-4-8(2)10(15)6-9/h4-6,12-13H,3,7H2,1-2H3,(H,18,19). The first-order valence-corrected chi connectivity index (χ1v) is 6.35. The van der Waals surface area contributed by atoms with E-state index in [9.17, 15) is 19.1 Å². The van der Waals surface area contributed by atoms with E-state index in [4.69, 9.17) is 4.74 Å². The van der Waals surface area contributed by atoms with Gasteiger partial charge in [-0.1, -0.05) is 12.1 Å². The smallest absolute Gasteiger partial charge is 0.335 e. The number of aliphatic carboxylic acids is 1. The molecule has 6 heteroatoms. The highest BCUT2D eigenvalue weighted by Gasteiger charge is 2.41. The van der Waals surface area contributed by atoms with E-state index >= 15 is 0 Å². The van der Waals surface area contributed by atoms with Crippen LogP contribution in [0.3, 0.4) is 0 Å². The van der Waals surface area contributed by atoms with Crippen molar-refractivity contribution in [3.8, 4) is 0 Å². The van der Waals surface area contributed by atoms with Crippen molar-refractivity contribution in [2.45, 2.75) is 26.0 Å². The lowest BCUT2D eigenvalue weighted by Gasteiger charge is -2.39. The fourth-order valence-electron chi connectivity index (χ4n) is 2.38. The second-order valence-corrected chi connectivity index (χ2v) is 4.70. The Balaban J connectivity index is 2.46. The van der Waals surface area contributed by atoms with Crippen LogP contribution in [0.25, 0.3) is 0 Å². The van der Waals surface area contributed by atoms with E-state index in [1.807, 2.05) is 0 Å². The van der Waals surface area contributed by atoms with Gasteiger partial charge >= 0.3 is 5.97 Å². The minimum atomic E-state index is -1.19. The first-order chi connectivity index (χ1) is 9.45. The molecule has 0 aliphatic carbocycles. The molecule has 1 aliphatic heterocycles. The van der Waals surface area contributed by atoms with Crippen LogP contribution in [0.5, 0.6) is 0 Å². The van der Waals surface area contributed by atoms with Crippen molar-refractivity contribution in [3.05, 3.63) is 35.1 Å². The van der Waals surface area contributed by atoms with Gasteiger partial charge in [-0.3, -0.25) is 4.79 Å². The summed E-state index contributed by atoms with van der Waals surface area (Å²) in [6.07, 6.45) is -1.19. The lowest BCUT2D eigenvalue weighted by molar-refractivity contribution is -0.172. The van der Waals surface area contributed by atoms with Gasteiger partial charge < -0.3 is 14.7 Å². The predicted octanol–water partition coefficient (Wildman–Crippen LogP) is 1.51. The third kappa shape index (κ3) is 2.51. The van der Waals surface area contributed by atoms with Gasteiger partial charge in [0.25, 0.3) is 0 Å². The van der Waals surface area contributed by atoms with Gasteiger partial charge in [0.05, 0.1) is 6.04 Å². The molecule has 1 fully saturated rings. The average Bonchev–Trinajstić information content (AvgIpc) is 2.41. The molecule has 0 saturated carbocycles. The summed E-state index contributed by atoms with van der Waals surface area (Å²) in [7, 11) is 0. The number of morpholine rings is 1. The molecule has 1 saturated heterocycles. The van der Waals surface area contributed by atoms with E-state index in [-0.39, 0.29) is 12.5 Å². The number of hydrogen-bond donors (Lipinski definition) is 1. The van der Waals surface area contributed by atoms with Gasteiger partial charge in [0.1, 0.15) is 12.4 Å². The highest BCUT2D eigenvalue weighted by molar-refractivity contribution is 5.83. The zero-order valence-electron chi connectivity index (χ0n) is 11.3. The molecule has 2 unspecified atom stereocenters. The number of amides is 1. The number of benzene rings is 1. The Kier molecular flexibility index (Phi) is 4.04. The lowest BCUT2D eigenvalue weighted by Crippen LogP contribution is -2.51. The zero-order valence-corrected chi connectivity index (χ0v) is 11.3. The Bertz CT molecular complexity index is 544. The summed E-state index contributed by atoms with van der Waals surface area (Å²) in [6.45, 7) is 3.44. The molecule has 1 amide bonds. The molecule has 20 heavy (non-hydrogen) atoms. The van der Waals surface area contributed by atoms with Gasteiger partial charge in [0, 0.05) is 6.54 Å². The summed E-state index contributed by atoms with van der Waals surface area (Å²) in [5.74, 6) is -1.89. The maximum absolute atomic E-state index is 13.7. The number of nitrogens with zero attached hydrogens (tertiary/aromatic N) is 1. The molecule has 1 aromatic carbocycles. The normalized spacial score (nSPS) is 22.9. The molecule has 0 bridgehead atoms. The van der Waals surface area contributed by atoms with Gasteiger partial charge in [-0.15, -0.1) is 0 Å². The van der Waals surface area contributed by atoms with Gasteiger partial charge in [-0.25, -0.2) is 9.18 Å². The SMILES string of the molecule is CCN1C(=O)COC(C(=O)O)C1c1ccc(C)c(F)c1. The van der Waals surface area contributed by atoms with Crippen molar-refractivity contribution in [1.82, 2.24) is 4.90 Å². The number of rotatable bonds is 3. The van der Waals surface area contributed by atoms with Crippen molar-refractivity contribution in [3.63, 3.8) is 0 Å². The van der Waals surface area contributed by atoms with Gasteiger partial charge in [-0.05, 0) is 31.0 Å². The summed E-state index contributed by atoms with van der Waals surface area (Å²) >= 11 is 0. The number of carbonyl (C=O) groups excluding carboxylic acids is 1. The van der Waals surface area contributed by atoms with Crippen molar-refractivity contribution < 1.29 is 23.8 Å². The molecule has 0 aromatic heterocycles. The summed E-state index contributed by atoms with van der Waals surface area (Å²) < 4.78 is 18.8. The van der Waals surface area contributed by atoms with Crippen molar-refractivity contribution in [2.24, 2.45) is 0 Å². The van der Waals surface area contributed by atoms with Crippen LogP contribution in [0.2, 0.25) is 0 Å². The van der Waals surface area contributed by atoms with E-state index in [1.54, 1.807) is 26.0 Å². The molecule has 1 aromatic rings. The summed E-state index contributed by atoms with van der Waals surface area (Å²) in [4.78, 5) is 24.6. The Morgan fingerprint density at radius 2 is 2.25 bits per heavy atom. The van der Waals surface area contributed by atoms with Gasteiger partial charge in [0.15, 0.2) is 6.10 Å². The fourth-order valence-corrected chi connectivity index (χ4v) is 2.38. The second-order valence-electron chi connectivity index (χ2n) is 4.70. The summed E-state index contributed by atoms with van der Waals surface area (Å²) in [6, 6.07) is 3.65. The third-order valence-corrected chi connectivity index (χ3v) is 3.45. The molecule has 1 heterocycles. The molecule has 1 aliphatic rings. The lowest BCUT2D eigenvalue weighted by atomic mass is 9.96. The minimum Gasteiger partial charge on any atom is -0.479 e. The van der Waals surface area contributed by atoms with Crippen LogP contribution < -0.4 is 0 Å². The van der Waals surface area contributed by atoms with Gasteiger partial charge in [-0.2, -0.15) is 0 Å². The van der Waals surface area contributed by atoms with Crippen molar-refractivity contribution >= 4 is 11.9 Å². The first-order valence-electron chi connectivity index (χ1n) is 6.35. The quantitative estimate of drug-likeness (QED) is 0.912. The monoisotopic (exact) mass is 281 g/mol. The maximum Gasteiger partial charge on any atom is 0.335 e. The predicted molar refractivity (Wildman–Crippen MR) is 68.6 cm³/mol. The number of aryl methyl sites for hydroxylation is 1. The van der Waals surface area contributed by atoms with Crippen LogP contribution in [-0.2, 0) is 14.3 Å². The molecular formula is C14H16FNO4. The Morgan fingerprint density at radius 3 is 2.80 bits per heavy atom. The van der Waals surface area contributed by atoms with Crippen LogP contribution in [0.4, 0.5) is 4.39 Å². The molecule has 0 spiro atoms. The zero-order chi connectivity index (χ0) is 14.9. The molecule has 0 radical (unpaired) electrons. The van der Waals surface area contributed by atoms with E-state index < -0.39 is 23.9 Å². The second kappa shape index (κ2) is 5.58. The number of halogens is 1. The molecule has 2 atom stereocenters. The average molecular weight is 281 g/mol. The highest BCUT2D eigenvalue weighted by atomic mass is 19.1. The van der Waals surface area contributed by atoms with Crippen molar-refractivity contribution in [2.75, 3.05) is 13.2 Å². The molecular weight excluding hydrogens is 265 g/mol. The van der Waals surface area contributed by atoms with Crippen molar-refractivity contribution in [1.29, 1.82) is 0 Å². The minimum absolute atomic E-state index is 0.268. The Morgan fingerprint density at radius 1 is 1.55 bits per heavy atom. The fraction of sp³-hybridized carbons (Fsp3) is 0.429. The van der Waals surface area contributed by atoms with E-state index in [0.29, 0.717) is 17.7 Å². The third-order valence-electron chi connectivity index (χ3n) is 3.45. The molecule has 5 nitrogen and oxygen atoms in total. The van der Waals surface area contributed by atoms with Crippen LogP contribution in [-0.4, -0.2) is 41.1 Å². The van der Waals surface area contributed by atoms with E-state index in [2.05, 4.69) is 0 Å². The van der Waals surface area contributed by atoms with Crippen LogP contribution >= 0.6 is 0 Å². The number of likely N-dealkylation sites (N-methyl/N-ethyl adjacent to an activating group) is 1. The molecule has 1 N–H and O–H groups in total. The Labute approximate surface area is 116 Å². The summed E-state index contributed by atoms with van der Waals surface area (Å²) in [5.41, 5.74) is 0.891. The topological polar surface area (TPSA) is 66.8 Å². The van der Waals surface area contributed by atoms with Crippen LogP contribution in [0.1, 0.15) is 24.1 Å². The van der Waals surface area contributed by atoms with E-state index in [0.717, 1.165) is 0 Å². The number of carboxylic acid groups (broad SMARTS) is 1. The number of hydrogen-bond acceptors (Lipinski definition) is 3. The first kappa shape index (κ1) is 14.5. The number of ether oxygens (including phenoxy) is 1. The Hall–Kier alpha value is -1.95. The van der Waals surface area contributed by atoms with Crippen LogP contribution in [0.15, 0.2) is 18.2 Å². The van der Waals surface area contributed by atoms with E-state index in [1.165, 1.54) is 11.0 Å². The number of carboxylic acids is 1. The molecule has 108 valence electrons.